The molecule has 0 N–H and O–H groups in total. The van der Waals surface area contributed by atoms with E-state index in [1.54, 1.807) is 25.1 Å². The van der Waals surface area contributed by atoms with Crippen LogP contribution in [-0.4, -0.2) is 5.78 Å². The van der Waals surface area contributed by atoms with E-state index in [0.717, 1.165) is 0 Å². The van der Waals surface area contributed by atoms with Gasteiger partial charge in [0.1, 0.15) is 6.07 Å². The zero-order valence-corrected chi connectivity index (χ0v) is 7.93. The molecule has 0 saturated heterocycles. The number of Topliss-reactive ketones (excluding diaryl/α,β-unsaturated/α-hetero) is 1. The zero-order chi connectivity index (χ0) is 9.84. The Morgan fingerprint density at radius 2 is 2.31 bits per heavy atom. The van der Waals surface area contributed by atoms with Crippen molar-refractivity contribution in [2.24, 2.45) is 0 Å². The van der Waals surface area contributed by atoms with Crippen molar-refractivity contribution in [1.82, 2.24) is 0 Å². The second-order valence-corrected chi connectivity index (χ2v) is 2.96. The predicted molar refractivity (Wildman–Crippen MR) is 50.8 cm³/mol. The van der Waals surface area contributed by atoms with Gasteiger partial charge in [0.15, 0.2) is 5.78 Å². The molecule has 2 nitrogen and oxygen atoms in total. The smallest absolute Gasteiger partial charge is 0.163 e. The molecule has 13 heavy (non-hydrogen) atoms. The zero-order valence-electron chi connectivity index (χ0n) is 7.17. The molecule has 0 spiro atoms. The summed E-state index contributed by atoms with van der Waals surface area (Å²) in [5, 5.41) is 9.09. The molecule has 0 saturated carbocycles. The summed E-state index contributed by atoms with van der Waals surface area (Å²) in [6, 6.07) is 6.82. The Balaban J connectivity index is 3.30. The Morgan fingerprint density at radius 3 is 2.85 bits per heavy atom. The van der Waals surface area contributed by atoms with Crippen LogP contribution in [0.2, 0.25) is 5.02 Å². The molecule has 0 aromatic heterocycles. The van der Waals surface area contributed by atoms with Gasteiger partial charge in [-0.2, -0.15) is 5.26 Å². The van der Waals surface area contributed by atoms with Crippen molar-refractivity contribution in [3.63, 3.8) is 0 Å². The van der Waals surface area contributed by atoms with E-state index in [4.69, 9.17) is 16.9 Å². The Bertz CT molecular complexity index is 379. The van der Waals surface area contributed by atoms with E-state index >= 15 is 0 Å². The van der Waals surface area contributed by atoms with Gasteiger partial charge in [-0.25, -0.2) is 0 Å². The molecule has 0 amide bonds. The van der Waals surface area contributed by atoms with Gasteiger partial charge in [-0.3, -0.25) is 4.79 Å². The third kappa shape index (κ3) is 1.88. The van der Waals surface area contributed by atoms with Gasteiger partial charge in [-0.15, -0.1) is 0 Å². The monoisotopic (exact) mass is 193 g/mol. The minimum atomic E-state index is -0.0564. The third-order valence-corrected chi connectivity index (χ3v) is 2.06. The summed E-state index contributed by atoms with van der Waals surface area (Å²) in [5.74, 6) is -0.0564. The molecule has 3 heteroatoms. The van der Waals surface area contributed by atoms with E-state index in [2.05, 4.69) is 0 Å². The van der Waals surface area contributed by atoms with Crippen molar-refractivity contribution in [1.29, 1.82) is 5.26 Å². The van der Waals surface area contributed by atoms with E-state index in [-0.39, 0.29) is 11.3 Å². The molecule has 0 bridgehead atoms. The summed E-state index contributed by atoms with van der Waals surface area (Å²) in [4.78, 5) is 11.3. The SMILES string of the molecule is CCC(=O)c1cccc(Cl)c1C#N. The molecule has 0 aliphatic carbocycles. The molecule has 0 radical (unpaired) electrons. The summed E-state index contributed by atoms with van der Waals surface area (Å²) in [7, 11) is 0. The van der Waals surface area contributed by atoms with Crippen LogP contribution >= 0.6 is 11.6 Å². The van der Waals surface area contributed by atoms with Gasteiger partial charge >= 0.3 is 0 Å². The summed E-state index contributed by atoms with van der Waals surface area (Å²) < 4.78 is 0. The predicted octanol–water partition coefficient (Wildman–Crippen LogP) is 2.80. The number of carbonyl (C=O) groups excluding carboxylic acids is 1. The highest BCUT2D eigenvalue weighted by molar-refractivity contribution is 6.32. The van der Waals surface area contributed by atoms with Crippen LogP contribution in [-0.2, 0) is 0 Å². The quantitative estimate of drug-likeness (QED) is 0.678. The number of hydrogen-bond acceptors (Lipinski definition) is 2. The molecule has 1 rings (SSSR count). The number of halogens is 1. The highest BCUT2D eigenvalue weighted by atomic mass is 35.5. The van der Waals surface area contributed by atoms with Gasteiger partial charge in [0.2, 0.25) is 0 Å². The van der Waals surface area contributed by atoms with Crippen LogP contribution in [0, 0.1) is 11.3 Å². The molecule has 1 aromatic carbocycles. The number of benzene rings is 1. The lowest BCUT2D eigenvalue weighted by molar-refractivity contribution is 0.0988. The van der Waals surface area contributed by atoms with Crippen LogP contribution in [0.1, 0.15) is 29.3 Å². The van der Waals surface area contributed by atoms with E-state index in [9.17, 15) is 4.79 Å². The van der Waals surface area contributed by atoms with E-state index in [1.165, 1.54) is 0 Å². The standard InChI is InChI=1S/C10H8ClNO/c1-2-10(13)7-4-3-5-9(11)8(7)6-12/h3-5H,2H2,1H3. The number of nitriles is 1. The Morgan fingerprint density at radius 1 is 1.62 bits per heavy atom. The fourth-order valence-corrected chi connectivity index (χ4v) is 1.28. The number of nitrogens with zero attached hydrogens (tertiary/aromatic N) is 1. The molecule has 0 atom stereocenters. The van der Waals surface area contributed by atoms with Gasteiger partial charge in [-0.1, -0.05) is 24.6 Å². The van der Waals surface area contributed by atoms with Crippen LogP contribution in [0.25, 0.3) is 0 Å². The molecular formula is C10H8ClNO. The molecule has 66 valence electrons. The van der Waals surface area contributed by atoms with Crippen molar-refractivity contribution in [2.45, 2.75) is 13.3 Å². The first-order valence-corrected chi connectivity index (χ1v) is 4.30. The topological polar surface area (TPSA) is 40.9 Å². The second kappa shape index (κ2) is 4.06. The molecule has 0 unspecified atom stereocenters. The van der Waals surface area contributed by atoms with Gasteiger partial charge in [-0.05, 0) is 12.1 Å². The highest BCUT2D eigenvalue weighted by Gasteiger charge is 2.11. The summed E-state index contributed by atoms with van der Waals surface area (Å²) in [5.41, 5.74) is 0.688. The van der Waals surface area contributed by atoms with Crippen molar-refractivity contribution in [3.05, 3.63) is 34.3 Å². The Hall–Kier alpha value is -1.33. The van der Waals surface area contributed by atoms with Gasteiger partial charge in [0.25, 0.3) is 0 Å². The number of rotatable bonds is 2. The molecular weight excluding hydrogens is 186 g/mol. The van der Waals surface area contributed by atoms with Crippen molar-refractivity contribution < 1.29 is 4.79 Å². The number of ketones is 1. The van der Waals surface area contributed by atoms with Crippen LogP contribution in [0.4, 0.5) is 0 Å². The first kappa shape index (κ1) is 9.76. The maximum Gasteiger partial charge on any atom is 0.163 e. The number of carbonyl (C=O) groups is 1. The lowest BCUT2D eigenvalue weighted by atomic mass is 10.0. The van der Waals surface area contributed by atoms with Gasteiger partial charge in [0, 0.05) is 12.0 Å². The van der Waals surface area contributed by atoms with E-state index in [0.29, 0.717) is 17.0 Å². The molecule has 0 aliphatic heterocycles. The normalized spacial score (nSPS) is 9.31. The lowest BCUT2D eigenvalue weighted by Crippen LogP contribution is -2.00. The fourth-order valence-electron chi connectivity index (χ4n) is 1.06. The van der Waals surface area contributed by atoms with Crippen LogP contribution in [0.15, 0.2) is 18.2 Å². The van der Waals surface area contributed by atoms with Crippen molar-refractivity contribution in [3.8, 4) is 6.07 Å². The van der Waals surface area contributed by atoms with Crippen LogP contribution < -0.4 is 0 Å². The average molecular weight is 194 g/mol. The first-order valence-electron chi connectivity index (χ1n) is 3.92. The highest BCUT2D eigenvalue weighted by Crippen LogP contribution is 2.19. The van der Waals surface area contributed by atoms with Crippen molar-refractivity contribution in [2.75, 3.05) is 0 Å². The summed E-state index contributed by atoms with van der Waals surface area (Å²) >= 11 is 5.76. The Kier molecular flexibility index (Phi) is 3.05. The third-order valence-electron chi connectivity index (χ3n) is 1.75. The van der Waals surface area contributed by atoms with Crippen molar-refractivity contribution >= 4 is 17.4 Å². The molecule has 0 heterocycles. The molecule has 1 aromatic rings. The lowest BCUT2D eigenvalue weighted by Gasteiger charge is -2.01. The maximum absolute atomic E-state index is 11.3. The molecule has 0 fully saturated rings. The Labute approximate surface area is 81.7 Å². The van der Waals surface area contributed by atoms with Crippen LogP contribution in [0.5, 0.6) is 0 Å². The summed E-state index contributed by atoms with van der Waals surface area (Å²) in [6.45, 7) is 1.75. The van der Waals surface area contributed by atoms with Gasteiger partial charge < -0.3 is 0 Å². The van der Waals surface area contributed by atoms with E-state index in [1.807, 2.05) is 6.07 Å². The largest absolute Gasteiger partial charge is 0.294 e. The maximum atomic E-state index is 11.3. The average Bonchev–Trinajstić information content (AvgIpc) is 2.16. The fraction of sp³-hybridized carbons (Fsp3) is 0.200. The summed E-state index contributed by atoms with van der Waals surface area (Å²) in [6.07, 6.45) is 0.384. The number of hydrogen-bond donors (Lipinski definition) is 0. The second-order valence-electron chi connectivity index (χ2n) is 2.55. The van der Waals surface area contributed by atoms with Crippen LogP contribution in [0.3, 0.4) is 0 Å². The van der Waals surface area contributed by atoms with E-state index < -0.39 is 0 Å². The van der Waals surface area contributed by atoms with Gasteiger partial charge in [0.05, 0.1) is 10.6 Å². The minimum Gasteiger partial charge on any atom is -0.294 e. The minimum absolute atomic E-state index is 0.0564. The first-order chi connectivity index (χ1) is 6.20. The molecule has 0 aliphatic rings.